The first-order valence-electron chi connectivity index (χ1n) is 10.5. The van der Waals surface area contributed by atoms with Crippen LogP contribution in [0.5, 0.6) is 0 Å². The lowest BCUT2D eigenvalue weighted by molar-refractivity contribution is 0.418. The summed E-state index contributed by atoms with van der Waals surface area (Å²) in [6, 6.07) is 15.9. The van der Waals surface area contributed by atoms with Crippen molar-refractivity contribution in [1.82, 2.24) is 0 Å². The van der Waals surface area contributed by atoms with Crippen LogP contribution in [0.2, 0.25) is 0 Å². The van der Waals surface area contributed by atoms with Crippen molar-refractivity contribution in [2.75, 3.05) is 0 Å². The number of rotatable bonds is 3. The molecule has 0 aromatic heterocycles. The molecule has 25 heavy (non-hydrogen) atoms. The molecule has 2 aliphatic carbocycles. The molecule has 0 radical (unpaired) electrons. The van der Waals surface area contributed by atoms with Gasteiger partial charge in [0.25, 0.3) is 0 Å². The lowest BCUT2D eigenvalue weighted by Gasteiger charge is -2.32. The van der Waals surface area contributed by atoms with E-state index in [0.717, 1.165) is 11.8 Å². The topological polar surface area (TPSA) is 0 Å². The van der Waals surface area contributed by atoms with Crippen LogP contribution in [0.15, 0.2) is 42.5 Å². The van der Waals surface area contributed by atoms with Gasteiger partial charge in [0.2, 0.25) is 0 Å². The van der Waals surface area contributed by atoms with E-state index >= 15 is 0 Å². The molecule has 2 aliphatic rings. The summed E-state index contributed by atoms with van der Waals surface area (Å²) in [6.45, 7) is 2.40. The van der Waals surface area contributed by atoms with Crippen LogP contribution in [-0.2, 0) is 0 Å². The molecule has 0 aliphatic heterocycles. The average molecular weight is 333 g/mol. The van der Waals surface area contributed by atoms with E-state index < -0.39 is 0 Å². The molecule has 2 aromatic rings. The lowest BCUT2D eigenvalue weighted by atomic mass is 9.73. The van der Waals surface area contributed by atoms with Gasteiger partial charge in [-0.25, -0.2) is 0 Å². The monoisotopic (exact) mass is 332 g/mol. The van der Waals surface area contributed by atoms with Gasteiger partial charge in [0, 0.05) is 0 Å². The molecular weight excluding hydrogens is 300 g/mol. The van der Waals surface area contributed by atoms with Crippen molar-refractivity contribution < 1.29 is 0 Å². The van der Waals surface area contributed by atoms with Crippen LogP contribution in [0.1, 0.15) is 92.7 Å². The predicted octanol–water partition coefficient (Wildman–Crippen LogP) is 7.76. The standard InChI is InChI=1S/C25H32/c1-19-23(20-11-5-2-6-12-20)17-18-24(21-13-7-3-8-14-21)25(19)22-15-9-4-10-16-22/h2,5-6,11-12,17-18,21-22H,3-4,7-10,13-16H2,1H3. The van der Waals surface area contributed by atoms with Crippen molar-refractivity contribution in [3.63, 3.8) is 0 Å². The summed E-state index contributed by atoms with van der Waals surface area (Å²) in [5, 5.41) is 0. The third kappa shape index (κ3) is 3.54. The zero-order chi connectivity index (χ0) is 17.1. The smallest absolute Gasteiger partial charge is 0.0152 e. The van der Waals surface area contributed by atoms with Crippen molar-refractivity contribution in [2.24, 2.45) is 0 Å². The quantitative estimate of drug-likeness (QED) is 0.539. The molecule has 0 bridgehead atoms. The third-order valence-corrected chi connectivity index (χ3v) is 6.69. The first kappa shape index (κ1) is 16.9. The average Bonchev–Trinajstić information content (AvgIpc) is 2.70. The first-order chi connectivity index (χ1) is 12.3. The maximum atomic E-state index is 2.51. The molecule has 2 aromatic carbocycles. The molecule has 0 heterocycles. The molecule has 0 saturated heterocycles. The Kier molecular flexibility index (Phi) is 5.25. The second kappa shape index (κ2) is 7.77. The van der Waals surface area contributed by atoms with Gasteiger partial charge in [-0.3, -0.25) is 0 Å². The summed E-state index contributed by atoms with van der Waals surface area (Å²) in [6.07, 6.45) is 14.2. The van der Waals surface area contributed by atoms with Crippen LogP contribution in [0.4, 0.5) is 0 Å². The third-order valence-electron chi connectivity index (χ3n) is 6.69. The van der Waals surface area contributed by atoms with E-state index in [1.54, 1.807) is 16.7 Å². The van der Waals surface area contributed by atoms with Gasteiger partial charge < -0.3 is 0 Å². The van der Waals surface area contributed by atoms with E-state index in [-0.39, 0.29) is 0 Å². The minimum Gasteiger partial charge on any atom is -0.0622 e. The minimum absolute atomic E-state index is 0.800. The molecule has 0 amide bonds. The highest BCUT2D eigenvalue weighted by Gasteiger charge is 2.26. The molecule has 0 atom stereocenters. The van der Waals surface area contributed by atoms with E-state index in [1.165, 1.54) is 75.3 Å². The fraction of sp³-hybridized carbons (Fsp3) is 0.520. The molecule has 2 saturated carbocycles. The summed E-state index contributed by atoms with van der Waals surface area (Å²) < 4.78 is 0. The van der Waals surface area contributed by atoms with E-state index in [2.05, 4.69) is 49.4 Å². The van der Waals surface area contributed by atoms with Gasteiger partial charge in [-0.15, -0.1) is 0 Å². The molecular formula is C25H32. The maximum absolute atomic E-state index is 2.51. The van der Waals surface area contributed by atoms with Crippen LogP contribution >= 0.6 is 0 Å². The Labute approximate surface area is 153 Å². The fourth-order valence-electron chi connectivity index (χ4n) is 5.38. The molecule has 2 fully saturated rings. The normalized spacial score (nSPS) is 19.9. The summed E-state index contributed by atoms with van der Waals surface area (Å²) in [4.78, 5) is 0. The molecule has 4 rings (SSSR count). The number of hydrogen-bond donors (Lipinski definition) is 0. The predicted molar refractivity (Wildman–Crippen MR) is 108 cm³/mol. The largest absolute Gasteiger partial charge is 0.0622 e. The van der Waals surface area contributed by atoms with Gasteiger partial charge in [0.15, 0.2) is 0 Å². The van der Waals surface area contributed by atoms with Crippen molar-refractivity contribution >= 4 is 0 Å². The van der Waals surface area contributed by atoms with E-state index in [0.29, 0.717) is 0 Å². The highest BCUT2D eigenvalue weighted by molar-refractivity contribution is 5.70. The Balaban J connectivity index is 1.79. The van der Waals surface area contributed by atoms with Gasteiger partial charge in [0.05, 0.1) is 0 Å². The number of hydrogen-bond acceptors (Lipinski definition) is 0. The van der Waals surface area contributed by atoms with E-state index in [1.807, 2.05) is 0 Å². The van der Waals surface area contributed by atoms with E-state index in [4.69, 9.17) is 0 Å². The Morgan fingerprint density at radius 3 is 1.88 bits per heavy atom. The summed E-state index contributed by atoms with van der Waals surface area (Å²) in [5.41, 5.74) is 7.87. The molecule has 0 spiro atoms. The lowest BCUT2D eigenvalue weighted by Crippen LogP contribution is -2.14. The first-order valence-corrected chi connectivity index (χ1v) is 10.5. The SMILES string of the molecule is Cc1c(-c2ccccc2)ccc(C2CCCCC2)c1C1CCCCC1. The zero-order valence-corrected chi connectivity index (χ0v) is 15.8. The Morgan fingerprint density at radius 1 is 0.640 bits per heavy atom. The van der Waals surface area contributed by atoms with Crippen molar-refractivity contribution in [3.05, 3.63) is 59.2 Å². The van der Waals surface area contributed by atoms with Crippen LogP contribution in [-0.4, -0.2) is 0 Å². The second-order valence-corrected chi connectivity index (χ2v) is 8.28. The van der Waals surface area contributed by atoms with Crippen molar-refractivity contribution in [2.45, 2.75) is 83.0 Å². The molecule has 0 N–H and O–H groups in total. The van der Waals surface area contributed by atoms with Gasteiger partial charge in [-0.1, -0.05) is 81.0 Å². The Hall–Kier alpha value is -1.56. The maximum Gasteiger partial charge on any atom is -0.0152 e. The molecule has 0 nitrogen and oxygen atoms in total. The number of benzene rings is 2. The minimum atomic E-state index is 0.800. The van der Waals surface area contributed by atoms with Crippen molar-refractivity contribution in [1.29, 1.82) is 0 Å². The zero-order valence-electron chi connectivity index (χ0n) is 15.8. The van der Waals surface area contributed by atoms with Crippen molar-refractivity contribution in [3.8, 4) is 11.1 Å². The van der Waals surface area contributed by atoms with Crippen LogP contribution in [0.3, 0.4) is 0 Å². The fourth-order valence-corrected chi connectivity index (χ4v) is 5.38. The van der Waals surface area contributed by atoms with Gasteiger partial charge in [-0.2, -0.15) is 0 Å². The van der Waals surface area contributed by atoms with E-state index in [9.17, 15) is 0 Å². The highest BCUT2D eigenvalue weighted by atomic mass is 14.3. The van der Waals surface area contributed by atoms with Crippen LogP contribution < -0.4 is 0 Å². The van der Waals surface area contributed by atoms with Gasteiger partial charge in [-0.05, 0) is 72.3 Å². The summed E-state index contributed by atoms with van der Waals surface area (Å²) in [5.74, 6) is 1.61. The summed E-state index contributed by atoms with van der Waals surface area (Å²) >= 11 is 0. The second-order valence-electron chi connectivity index (χ2n) is 8.28. The molecule has 132 valence electrons. The highest BCUT2D eigenvalue weighted by Crippen LogP contribution is 2.44. The molecule has 0 unspecified atom stereocenters. The van der Waals surface area contributed by atoms with Crippen LogP contribution in [0, 0.1) is 6.92 Å². The van der Waals surface area contributed by atoms with Gasteiger partial charge >= 0.3 is 0 Å². The Morgan fingerprint density at radius 2 is 1.24 bits per heavy atom. The Bertz CT molecular complexity index is 685. The summed E-state index contributed by atoms with van der Waals surface area (Å²) in [7, 11) is 0. The van der Waals surface area contributed by atoms with Crippen LogP contribution in [0.25, 0.3) is 11.1 Å². The van der Waals surface area contributed by atoms with Gasteiger partial charge in [0.1, 0.15) is 0 Å². The molecule has 0 heteroatoms.